The summed E-state index contributed by atoms with van der Waals surface area (Å²) in [4.78, 5) is 12.6. The summed E-state index contributed by atoms with van der Waals surface area (Å²) in [6, 6.07) is 7.73. The van der Waals surface area contributed by atoms with Crippen molar-refractivity contribution in [1.82, 2.24) is 4.90 Å². The number of benzene rings is 1. The Kier molecular flexibility index (Phi) is 5.97. The molecule has 17 heavy (non-hydrogen) atoms. The van der Waals surface area contributed by atoms with Crippen molar-refractivity contribution in [2.75, 3.05) is 13.1 Å². The van der Waals surface area contributed by atoms with E-state index in [1.165, 1.54) is 5.56 Å². The molecule has 0 unspecified atom stereocenters. The molecule has 0 aliphatic carbocycles. The molecule has 1 aromatic carbocycles. The molecule has 86 valence electrons. The molecular formula is C12H13ClNNaO2. The Labute approximate surface area is 128 Å². The van der Waals surface area contributed by atoms with Crippen LogP contribution in [0.4, 0.5) is 0 Å². The van der Waals surface area contributed by atoms with Gasteiger partial charge in [-0.25, -0.2) is 0 Å². The molecule has 0 atom stereocenters. The normalized spacial score (nSPS) is 16.1. The van der Waals surface area contributed by atoms with Gasteiger partial charge in [-0.05, 0) is 30.0 Å². The number of rotatable bonds is 4. The number of aliphatic carboxylic acids is 1. The van der Waals surface area contributed by atoms with Crippen LogP contribution >= 0.6 is 11.6 Å². The molecule has 0 bridgehead atoms. The molecule has 1 heterocycles. The fourth-order valence-electron chi connectivity index (χ4n) is 2.02. The van der Waals surface area contributed by atoms with E-state index in [4.69, 9.17) is 11.6 Å². The van der Waals surface area contributed by atoms with Crippen LogP contribution in [0.5, 0.6) is 0 Å². The minimum absolute atomic E-state index is 0. The minimum Gasteiger partial charge on any atom is -0.550 e. The smallest absolute Gasteiger partial charge is 0.550 e. The Morgan fingerprint density at radius 1 is 1.35 bits per heavy atom. The van der Waals surface area contributed by atoms with Gasteiger partial charge >= 0.3 is 29.6 Å². The first kappa shape index (κ1) is 15.0. The van der Waals surface area contributed by atoms with E-state index in [-0.39, 0.29) is 41.9 Å². The molecular weight excluding hydrogens is 249 g/mol. The molecule has 1 aromatic rings. The zero-order valence-corrected chi connectivity index (χ0v) is 12.6. The number of likely N-dealkylation sites (tertiary alicyclic amines) is 1. The summed E-state index contributed by atoms with van der Waals surface area (Å²) in [5.41, 5.74) is 1.20. The first-order valence-corrected chi connectivity index (χ1v) is 5.68. The van der Waals surface area contributed by atoms with Crippen LogP contribution in [-0.4, -0.2) is 24.0 Å². The van der Waals surface area contributed by atoms with Gasteiger partial charge in [-0.1, -0.05) is 23.7 Å². The molecule has 0 saturated carbocycles. The summed E-state index contributed by atoms with van der Waals surface area (Å²) >= 11 is 5.79. The molecule has 0 amide bonds. The summed E-state index contributed by atoms with van der Waals surface area (Å²) in [5.74, 6) is -0.687. The zero-order valence-electron chi connectivity index (χ0n) is 9.86. The average molecular weight is 262 g/mol. The van der Waals surface area contributed by atoms with E-state index in [9.17, 15) is 9.90 Å². The number of carboxylic acids is 1. The fourth-order valence-corrected chi connectivity index (χ4v) is 2.14. The van der Waals surface area contributed by atoms with E-state index < -0.39 is 5.97 Å². The Bertz CT molecular complexity index is 377. The van der Waals surface area contributed by atoms with Crippen molar-refractivity contribution in [1.29, 1.82) is 0 Å². The second kappa shape index (κ2) is 6.76. The predicted molar refractivity (Wildman–Crippen MR) is 59.8 cm³/mol. The van der Waals surface area contributed by atoms with Gasteiger partial charge < -0.3 is 9.90 Å². The summed E-state index contributed by atoms with van der Waals surface area (Å²) in [5, 5.41) is 11.1. The molecule has 5 heteroatoms. The molecule has 0 radical (unpaired) electrons. The summed E-state index contributed by atoms with van der Waals surface area (Å²) in [6.07, 6.45) is 0.178. The Morgan fingerprint density at radius 2 is 1.94 bits per heavy atom. The van der Waals surface area contributed by atoms with Crippen LogP contribution in [0, 0.1) is 5.92 Å². The molecule has 0 aromatic heterocycles. The summed E-state index contributed by atoms with van der Waals surface area (Å²) < 4.78 is 0. The van der Waals surface area contributed by atoms with Crippen LogP contribution in [0.25, 0.3) is 0 Å². The largest absolute Gasteiger partial charge is 1.00 e. The van der Waals surface area contributed by atoms with E-state index in [2.05, 4.69) is 4.90 Å². The van der Waals surface area contributed by atoms with Crippen molar-refractivity contribution in [3.8, 4) is 0 Å². The number of hydrogen-bond donors (Lipinski definition) is 0. The molecule has 1 saturated heterocycles. The molecule has 1 aliphatic heterocycles. The van der Waals surface area contributed by atoms with E-state index in [1.54, 1.807) is 0 Å². The van der Waals surface area contributed by atoms with Gasteiger partial charge in [0.05, 0.1) is 0 Å². The van der Waals surface area contributed by atoms with E-state index in [0.29, 0.717) is 0 Å². The van der Waals surface area contributed by atoms with E-state index in [1.807, 2.05) is 24.3 Å². The molecule has 1 fully saturated rings. The van der Waals surface area contributed by atoms with Gasteiger partial charge in [-0.2, -0.15) is 0 Å². The Balaban J connectivity index is 0.00000144. The monoisotopic (exact) mass is 261 g/mol. The third-order valence-electron chi connectivity index (χ3n) is 2.81. The van der Waals surface area contributed by atoms with Crippen molar-refractivity contribution in [2.24, 2.45) is 5.92 Å². The first-order chi connectivity index (χ1) is 7.63. The maximum Gasteiger partial charge on any atom is 1.00 e. The van der Waals surface area contributed by atoms with Crippen LogP contribution in [-0.2, 0) is 11.3 Å². The second-order valence-corrected chi connectivity index (χ2v) is 4.70. The zero-order chi connectivity index (χ0) is 11.5. The molecule has 1 aliphatic rings. The van der Waals surface area contributed by atoms with Gasteiger partial charge in [0.15, 0.2) is 0 Å². The predicted octanol–water partition coefficient (Wildman–Crippen LogP) is -2.08. The van der Waals surface area contributed by atoms with Crippen LogP contribution in [0.2, 0.25) is 5.02 Å². The van der Waals surface area contributed by atoms with Gasteiger partial charge in [0.1, 0.15) is 0 Å². The third kappa shape index (κ3) is 4.60. The van der Waals surface area contributed by atoms with Crippen LogP contribution in [0.1, 0.15) is 12.0 Å². The van der Waals surface area contributed by atoms with Crippen LogP contribution < -0.4 is 34.7 Å². The van der Waals surface area contributed by atoms with Gasteiger partial charge in [0, 0.05) is 30.6 Å². The SMILES string of the molecule is O=C([O-])CC1CN(Cc2ccc(Cl)cc2)C1.[Na+]. The molecule has 0 N–H and O–H groups in total. The van der Waals surface area contributed by atoms with Gasteiger partial charge in [-0.15, -0.1) is 0 Å². The number of carboxylic acid groups (broad SMARTS) is 1. The van der Waals surface area contributed by atoms with Crippen molar-refractivity contribution >= 4 is 17.6 Å². The van der Waals surface area contributed by atoms with Gasteiger partial charge in [0.25, 0.3) is 0 Å². The number of halogens is 1. The van der Waals surface area contributed by atoms with Gasteiger partial charge in [0.2, 0.25) is 0 Å². The Hall–Kier alpha value is -0.0600. The van der Waals surface area contributed by atoms with E-state index in [0.717, 1.165) is 24.7 Å². The maximum atomic E-state index is 10.4. The van der Waals surface area contributed by atoms with Crippen molar-refractivity contribution in [2.45, 2.75) is 13.0 Å². The standard InChI is InChI=1S/C12H14ClNO2.Na/c13-11-3-1-9(2-4-11)6-14-7-10(8-14)5-12(15)16;/h1-4,10H,5-8H2,(H,15,16);/q;+1/p-1. The van der Waals surface area contributed by atoms with Crippen molar-refractivity contribution in [3.05, 3.63) is 34.9 Å². The minimum atomic E-state index is -0.948. The number of nitrogens with zero attached hydrogens (tertiary/aromatic N) is 1. The number of carbonyl (C=O) groups excluding carboxylic acids is 1. The van der Waals surface area contributed by atoms with Crippen molar-refractivity contribution in [3.63, 3.8) is 0 Å². The topological polar surface area (TPSA) is 43.4 Å². The summed E-state index contributed by atoms with van der Waals surface area (Å²) in [7, 11) is 0. The second-order valence-electron chi connectivity index (χ2n) is 4.26. The van der Waals surface area contributed by atoms with Crippen LogP contribution in [0.3, 0.4) is 0 Å². The molecule has 2 rings (SSSR count). The quantitative estimate of drug-likeness (QED) is 0.584. The summed E-state index contributed by atoms with van der Waals surface area (Å²) in [6.45, 7) is 2.55. The van der Waals surface area contributed by atoms with E-state index >= 15 is 0 Å². The van der Waals surface area contributed by atoms with Crippen LogP contribution in [0.15, 0.2) is 24.3 Å². The van der Waals surface area contributed by atoms with Gasteiger partial charge in [-0.3, -0.25) is 4.90 Å². The number of hydrogen-bond acceptors (Lipinski definition) is 3. The molecule has 0 spiro atoms. The molecule has 3 nitrogen and oxygen atoms in total. The first-order valence-electron chi connectivity index (χ1n) is 5.30. The average Bonchev–Trinajstić information content (AvgIpc) is 2.17. The fraction of sp³-hybridized carbons (Fsp3) is 0.417. The number of carbonyl (C=O) groups is 1. The third-order valence-corrected chi connectivity index (χ3v) is 3.06. The Morgan fingerprint density at radius 3 is 2.47 bits per heavy atom. The van der Waals surface area contributed by atoms with Crippen molar-refractivity contribution < 1.29 is 39.5 Å². The maximum absolute atomic E-state index is 10.4.